The average Bonchev–Trinajstić information content (AvgIpc) is 3.08. The normalized spacial score (nSPS) is 10.8. The van der Waals surface area contributed by atoms with Gasteiger partial charge in [-0.2, -0.15) is 5.10 Å². The van der Waals surface area contributed by atoms with Crippen LogP contribution in [0.4, 0.5) is 5.69 Å². The highest BCUT2D eigenvalue weighted by Gasteiger charge is 2.12. The number of hydrogen-bond donors (Lipinski definition) is 3. The summed E-state index contributed by atoms with van der Waals surface area (Å²) < 4.78 is 5.30. The SMILES string of the molecule is NCc1ccc(C(=O)Nc2cccc3[nH]ncc23)o1. The lowest BCUT2D eigenvalue weighted by Gasteiger charge is -2.04. The number of fused-ring (bicyclic) bond motifs is 1. The fourth-order valence-corrected chi connectivity index (χ4v) is 1.87. The maximum absolute atomic E-state index is 12.0. The standard InChI is InChI=1S/C13H12N4O2/c14-6-8-4-5-12(19-8)13(18)16-10-2-1-3-11-9(10)7-15-17-11/h1-5,7H,6,14H2,(H,15,17)(H,16,18). The number of amides is 1. The first-order valence-electron chi connectivity index (χ1n) is 5.80. The maximum Gasteiger partial charge on any atom is 0.291 e. The molecule has 0 aliphatic rings. The summed E-state index contributed by atoms with van der Waals surface area (Å²) in [7, 11) is 0. The zero-order chi connectivity index (χ0) is 13.2. The second-order valence-electron chi connectivity index (χ2n) is 4.06. The second kappa shape index (κ2) is 4.58. The van der Waals surface area contributed by atoms with Gasteiger partial charge in [0.25, 0.3) is 5.91 Å². The molecule has 0 unspecified atom stereocenters. The van der Waals surface area contributed by atoms with Gasteiger partial charge in [0.1, 0.15) is 5.76 Å². The van der Waals surface area contributed by atoms with Crippen LogP contribution in [0.15, 0.2) is 40.9 Å². The molecule has 96 valence electrons. The summed E-state index contributed by atoms with van der Waals surface area (Å²) in [5.74, 6) is 0.501. The topological polar surface area (TPSA) is 96.9 Å². The Bertz CT molecular complexity index is 729. The molecular weight excluding hydrogens is 244 g/mol. The number of aromatic nitrogens is 2. The van der Waals surface area contributed by atoms with Crippen LogP contribution in [-0.4, -0.2) is 16.1 Å². The van der Waals surface area contributed by atoms with Crippen LogP contribution in [0.3, 0.4) is 0 Å². The lowest BCUT2D eigenvalue weighted by atomic mass is 10.2. The van der Waals surface area contributed by atoms with Crippen molar-refractivity contribution in [2.24, 2.45) is 5.73 Å². The number of benzene rings is 1. The number of carbonyl (C=O) groups is 1. The Morgan fingerprint density at radius 2 is 2.26 bits per heavy atom. The highest BCUT2D eigenvalue weighted by Crippen LogP contribution is 2.21. The third-order valence-electron chi connectivity index (χ3n) is 2.82. The predicted octanol–water partition coefficient (Wildman–Crippen LogP) is 1.87. The first-order chi connectivity index (χ1) is 9.28. The number of nitrogens with one attached hydrogen (secondary N) is 2. The van der Waals surface area contributed by atoms with Gasteiger partial charge in [-0.05, 0) is 24.3 Å². The summed E-state index contributed by atoms with van der Waals surface area (Å²) >= 11 is 0. The van der Waals surface area contributed by atoms with Crippen LogP contribution in [-0.2, 0) is 6.54 Å². The fourth-order valence-electron chi connectivity index (χ4n) is 1.87. The van der Waals surface area contributed by atoms with E-state index in [1.54, 1.807) is 18.3 Å². The number of aromatic amines is 1. The van der Waals surface area contributed by atoms with Crippen molar-refractivity contribution in [3.05, 3.63) is 48.0 Å². The van der Waals surface area contributed by atoms with E-state index in [1.807, 2.05) is 18.2 Å². The van der Waals surface area contributed by atoms with Crippen LogP contribution in [0, 0.1) is 0 Å². The molecular formula is C13H12N4O2. The van der Waals surface area contributed by atoms with E-state index in [0.717, 1.165) is 10.9 Å². The van der Waals surface area contributed by atoms with Gasteiger partial charge in [0.05, 0.1) is 23.9 Å². The van der Waals surface area contributed by atoms with Gasteiger partial charge in [0.2, 0.25) is 0 Å². The Hall–Kier alpha value is -2.60. The molecule has 0 atom stereocenters. The molecule has 6 heteroatoms. The molecule has 1 aromatic carbocycles. The molecule has 6 nitrogen and oxygen atoms in total. The van der Waals surface area contributed by atoms with Gasteiger partial charge in [0.15, 0.2) is 5.76 Å². The highest BCUT2D eigenvalue weighted by atomic mass is 16.4. The summed E-state index contributed by atoms with van der Waals surface area (Å²) in [6.07, 6.45) is 1.67. The van der Waals surface area contributed by atoms with E-state index in [2.05, 4.69) is 15.5 Å². The molecule has 3 rings (SSSR count). The molecule has 4 N–H and O–H groups in total. The zero-order valence-electron chi connectivity index (χ0n) is 10.0. The van der Waals surface area contributed by atoms with Crippen LogP contribution < -0.4 is 11.1 Å². The van der Waals surface area contributed by atoms with Crippen LogP contribution in [0.25, 0.3) is 10.9 Å². The summed E-state index contributed by atoms with van der Waals surface area (Å²) in [5.41, 5.74) is 6.98. The third kappa shape index (κ3) is 2.09. The van der Waals surface area contributed by atoms with Gasteiger partial charge >= 0.3 is 0 Å². The summed E-state index contributed by atoms with van der Waals surface area (Å²) in [6.45, 7) is 0.268. The number of nitrogens with two attached hydrogens (primary N) is 1. The largest absolute Gasteiger partial charge is 0.455 e. The predicted molar refractivity (Wildman–Crippen MR) is 70.6 cm³/mol. The van der Waals surface area contributed by atoms with Crippen LogP contribution in [0.1, 0.15) is 16.3 Å². The van der Waals surface area contributed by atoms with Gasteiger partial charge in [-0.25, -0.2) is 0 Å². The smallest absolute Gasteiger partial charge is 0.291 e. The summed E-state index contributed by atoms with van der Waals surface area (Å²) in [6, 6.07) is 8.82. The van der Waals surface area contributed by atoms with E-state index in [-0.39, 0.29) is 18.2 Å². The van der Waals surface area contributed by atoms with Gasteiger partial charge < -0.3 is 15.5 Å². The van der Waals surface area contributed by atoms with Crippen LogP contribution in [0.2, 0.25) is 0 Å². The molecule has 0 fully saturated rings. The lowest BCUT2D eigenvalue weighted by molar-refractivity contribution is 0.0995. The van der Waals surface area contributed by atoms with Gasteiger partial charge in [-0.3, -0.25) is 9.89 Å². The van der Waals surface area contributed by atoms with E-state index in [0.29, 0.717) is 11.4 Å². The van der Waals surface area contributed by atoms with Crippen molar-refractivity contribution in [1.82, 2.24) is 10.2 Å². The molecule has 0 radical (unpaired) electrons. The molecule has 19 heavy (non-hydrogen) atoms. The zero-order valence-corrected chi connectivity index (χ0v) is 10.0. The molecule has 3 aromatic rings. The molecule has 0 saturated carbocycles. The van der Waals surface area contributed by atoms with Gasteiger partial charge in [-0.15, -0.1) is 0 Å². The Balaban J connectivity index is 1.88. The van der Waals surface area contributed by atoms with Crippen molar-refractivity contribution in [2.75, 3.05) is 5.32 Å². The number of furan rings is 1. The van der Waals surface area contributed by atoms with E-state index >= 15 is 0 Å². The molecule has 0 aliphatic carbocycles. The van der Waals surface area contributed by atoms with Crippen molar-refractivity contribution in [3.63, 3.8) is 0 Å². The van der Waals surface area contributed by atoms with Gasteiger partial charge in [0, 0.05) is 5.39 Å². The first-order valence-corrected chi connectivity index (χ1v) is 5.80. The van der Waals surface area contributed by atoms with E-state index in [4.69, 9.17) is 10.2 Å². The number of carbonyl (C=O) groups excluding carboxylic acids is 1. The molecule has 2 aromatic heterocycles. The van der Waals surface area contributed by atoms with E-state index in [9.17, 15) is 4.79 Å². The molecule has 2 heterocycles. The Morgan fingerprint density at radius 1 is 1.37 bits per heavy atom. The van der Waals surface area contributed by atoms with Gasteiger partial charge in [-0.1, -0.05) is 6.07 Å². The van der Waals surface area contributed by atoms with E-state index < -0.39 is 0 Å². The minimum Gasteiger partial charge on any atom is -0.455 e. The highest BCUT2D eigenvalue weighted by molar-refractivity contribution is 6.07. The number of H-pyrrole nitrogens is 1. The van der Waals surface area contributed by atoms with Crippen molar-refractivity contribution < 1.29 is 9.21 Å². The van der Waals surface area contributed by atoms with Crippen LogP contribution >= 0.6 is 0 Å². The molecule has 0 saturated heterocycles. The Morgan fingerprint density at radius 3 is 3.05 bits per heavy atom. The maximum atomic E-state index is 12.0. The summed E-state index contributed by atoms with van der Waals surface area (Å²) in [5, 5.41) is 10.4. The van der Waals surface area contributed by atoms with Crippen molar-refractivity contribution in [2.45, 2.75) is 6.54 Å². The van der Waals surface area contributed by atoms with Crippen molar-refractivity contribution in [3.8, 4) is 0 Å². The fraction of sp³-hybridized carbons (Fsp3) is 0.0769. The number of rotatable bonds is 3. The van der Waals surface area contributed by atoms with Crippen molar-refractivity contribution >= 4 is 22.5 Å². The lowest BCUT2D eigenvalue weighted by Crippen LogP contribution is -2.11. The minimum atomic E-state index is -0.312. The van der Waals surface area contributed by atoms with Crippen LogP contribution in [0.5, 0.6) is 0 Å². The Kier molecular flexibility index (Phi) is 2.77. The summed E-state index contributed by atoms with van der Waals surface area (Å²) in [4.78, 5) is 12.0. The Labute approximate surface area is 108 Å². The van der Waals surface area contributed by atoms with Crippen molar-refractivity contribution in [1.29, 1.82) is 0 Å². The molecule has 1 amide bonds. The monoisotopic (exact) mass is 256 g/mol. The van der Waals surface area contributed by atoms with E-state index in [1.165, 1.54) is 0 Å². The number of anilines is 1. The molecule has 0 aliphatic heterocycles. The quantitative estimate of drug-likeness (QED) is 0.666. The number of hydrogen-bond acceptors (Lipinski definition) is 4. The second-order valence-corrected chi connectivity index (χ2v) is 4.06. The molecule has 0 bridgehead atoms. The minimum absolute atomic E-state index is 0.237. The average molecular weight is 256 g/mol. The third-order valence-corrected chi connectivity index (χ3v) is 2.82. The number of nitrogens with zero attached hydrogens (tertiary/aromatic N) is 1. The first kappa shape index (κ1) is 11.5. The molecule has 0 spiro atoms.